The lowest BCUT2D eigenvalue weighted by Crippen LogP contribution is -2.47. The van der Waals surface area contributed by atoms with E-state index in [0.29, 0.717) is 12.2 Å². The first-order chi connectivity index (χ1) is 13.0. The molecule has 7 nitrogen and oxygen atoms in total. The summed E-state index contributed by atoms with van der Waals surface area (Å²) < 4.78 is 0. The van der Waals surface area contributed by atoms with Gasteiger partial charge in [-0.05, 0) is 55.0 Å². The first kappa shape index (κ1) is 17.2. The molecule has 1 fully saturated rings. The minimum atomic E-state index is -1.06. The van der Waals surface area contributed by atoms with Crippen LogP contribution in [0.4, 0.5) is 10.6 Å². The zero-order valence-electron chi connectivity index (χ0n) is 15.0. The topological polar surface area (TPSA) is 91.4 Å². The predicted molar refractivity (Wildman–Crippen MR) is 98.9 cm³/mol. The number of carbonyl (C=O) groups excluding carboxylic acids is 3. The molecule has 0 radical (unpaired) electrons. The number of benzene rings is 1. The second kappa shape index (κ2) is 6.50. The highest BCUT2D eigenvalue weighted by atomic mass is 16.2. The zero-order chi connectivity index (χ0) is 19.0. The van der Waals surface area contributed by atoms with E-state index in [1.165, 1.54) is 0 Å². The number of pyridine rings is 1. The Morgan fingerprint density at radius 1 is 1.30 bits per heavy atom. The maximum absolute atomic E-state index is 13.1. The molecule has 4 rings (SSSR count). The molecular weight excluding hydrogens is 344 g/mol. The number of nitrogens with zero attached hydrogens (tertiary/aromatic N) is 2. The number of hydrogen-bond donors (Lipinski definition) is 2. The van der Waals surface area contributed by atoms with Gasteiger partial charge in [0.2, 0.25) is 5.91 Å². The molecule has 2 aromatic rings. The average molecular weight is 364 g/mol. The molecule has 1 atom stereocenters. The number of imide groups is 1. The smallest absolute Gasteiger partial charge is 0.319 e. The molecule has 0 bridgehead atoms. The number of carbonyl (C=O) groups is 3. The third-order valence-electron chi connectivity index (χ3n) is 5.14. The number of aryl methyl sites for hydroxylation is 2. The molecule has 4 amide bonds. The lowest BCUT2D eigenvalue weighted by Gasteiger charge is -2.33. The number of urea groups is 1. The molecule has 0 saturated carbocycles. The van der Waals surface area contributed by atoms with Crippen molar-refractivity contribution in [2.45, 2.75) is 31.7 Å². The summed E-state index contributed by atoms with van der Waals surface area (Å²) in [5, 5.41) is 5.48. The first-order valence-corrected chi connectivity index (χ1v) is 8.94. The molecule has 1 spiro atoms. The molecule has 1 aliphatic heterocycles. The monoisotopic (exact) mass is 364 g/mol. The third-order valence-corrected chi connectivity index (χ3v) is 5.14. The van der Waals surface area contributed by atoms with Crippen LogP contribution in [0.2, 0.25) is 0 Å². The Morgan fingerprint density at radius 2 is 2.11 bits per heavy atom. The Bertz CT molecular complexity index is 942. The zero-order valence-corrected chi connectivity index (χ0v) is 15.0. The molecule has 27 heavy (non-hydrogen) atoms. The summed E-state index contributed by atoms with van der Waals surface area (Å²) in [6.45, 7) is 1.54. The molecule has 1 saturated heterocycles. The number of hydrogen-bond acceptors (Lipinski definition) is 4. The molecule has 138 valence electrons. The number of amides is 4. The fourth-order valence-corrected chi connectivity index (χ4v) is 3.89. The van der Waals surface area contributed by atoms with E-state index < -0.39 is 17.5 Å². The maximum Gasteiger partial charge on any atom is 0.325 e. The maximum atomic E-state index is 13.1. The van der Waals surface area contributed by atoms with Gasteiger partial charge in [-0.15, -0.1) is 0 Å². The second-order valence-electron chi connectivity index (χ2n) is 7.00. The molecule has 2 N–H and O–H groups in total. The van der Waals surface area contributed by atoms with Crippen LogP contribution in [0.25, 0.3) is 0 Å². The molecule has 1 aromatic heterocycles. The normalized spacial score (nSPS) is 21.1. The molecule has 2 aliphatic rings. The number of fused-ring (bicyclic) bond motifs is 2. The molecule has 7 heteroatoms. The fraction of sp³-hybridized carbons (Fsp3) is 0.300. The standard InChI is InChI=1S/C20H20N4O3/c1-13-8-10-21-16(11-13)22-17(25)12-24-18(26)20(23-19(24)27)9-4-6-14-5-2-3-7-15(14)20/h2-3,5,7-8,10-11H,4,6,9,12H2,1H3,(H,23,27)(H,21,22,25)/t20-/m1/s1. The minimum Gasteiger partial charge on any atom is -0.319 e. The largest absolute Gasteiger partial charge is 0.325 e. The van der Waals surface area contributed by atoms with Gasteiger partial charge in [0.05, 0.1) is 0 Å². The quantitative estimate of drug-likeness (QED) is 0.816. The first-order valence-electron chi connectivity index (χ1n) is 8.94. The van der Waals surface area contributed by atoms with E-state index >= 15 is 0 Å². The van der Waals surface area contributed by atoms with Crippen molar-refractivity contribution in [2.75, 3.05) is 11.9 Å². The van der Waals surface area contributed by atoms with Gasteiger partial charge in [-0.25, -0.2) is 9.78 Å². The number of nitrogens with one attached hydrogen (secondary N) is 2. The second-order valence-corrected chi connectivity index (χ2v) is 7.00. The van der Waals surface area contributed by atoms with Crippen LogP contribution in [0.5, 0.6) is 0 Å². The van der Waals surface area contributed by atoms with Gasteiger partial charge in [0, 0.05) is 6.20 Å². The summed E-state index contributed by atoms with van der Waals surface area (Å²) in [6, 6.07) is 10.7. The van der Waals surface area contributed by atoms with Crippen molar-refractivity contribution in [3.63, 3.8) is 0 Å². The minimum absolute atomic E-state index is 0.343. The Kier molecular flexibility index (Phi) is 4.14. The Hall–Kier alpha value is -3.22. The van der Waals surface area contributed by atoms with E-state index in [4.69, 9.17) is 0 Å². The van der Waals surface area contributed by atoms with Crippen LogP contribution in [0.1, 0.15) is 29.5 Å². The van der Waals surface area contributed by atoms with E-state index in [1.54, 1.807) is 12.3 Å². The van der Waals surface area contributed by atoms with Crippen LogP contribution in [-0.2, 0) is 21.5 Å². The lowest BCUT2D eigenvalue weighted by molar-refractivity contribution is -0.134. The van der Waals surface area contributed by atoms with Crippen LogP contribution in [0.15, 0.2) is 42.6 Å². The summed E-state index contributed by atoms with van der Waals surface area (Å²) in [4.78, 5) is 43.1. The molecule has 1 aliphatic carbocycles. The molecule has 1 aromatic carbocycles. The highest BCUT2D eigenvalue weighted by Crippen LogP contribution is 2.39. The number of rotatable bonds is 3. The van der Waals surface area contributed by atoms with Crippen LogP contribution < -0.4 is 10.6 Å². The average Bonchev–Trinajstić information content (AvgIpc) is 2.87. The van der Waals surface area contributed by atoms with Gasteiger partial charge in [0.15, 0.2) is 0 Å². The van der Waals surface area contributed by atoms with Gasteiger partial charge in [-0.1, -0.05) is 24.3 Å². The number of anilines is 1. The molecule has 2 heterocycles. The van der Waals surface area contributed by atoms with E-state index in [9.17, 15) is 14.4 Å². The van der Waals surface area contributed by atoms with Crippen molar-refractivity contribution in [1.29, 1.82) is 0 Å². The highest BCUT2D eigenvalue weighted by molar-refractivity contribution is 6.10. The van der Waals surface area contributed by atoms with Crippen molar-refractivity contribution in [3.8, 4) is 0 Å². The van der Waals surface area contributed by atoms with Crippen molar-refractivity contribution < 1.29 is 14.4 Å². The predicted octanol–water partition coefficient (Wildman–Crippen LogP) is 2.11. The van der Waals surface area contributed by atoms with Gasteiger partial charge in [0.25, 0.3) is 5.91 Å². The molecular formula is C20H20N4O3. The van der Waals surface area contributed by atoms with Crippen molar-refractivity contribution in [2.24, 2.45) is 0 Å². The highest BCUT2D eigenvalue weighted by Gasteiger charge is 2.54. The Labute approximate surface area is 156 Å². The van der Waals surface area contributed by atoms with Crippen LogP contribution >= 0.6 is 0 Å². The van der Waals surface area contributed by atoms with E-state index in [1.807, 2.05) is 37.3 Å². The van der Waals surface area contributed by atoms with Gasteiger partial charge in [0.1, 0.15) is 17.9 Å². The van der Waals surface area contributed by atoms with Crippen molar-refractivity contribution >= 4 is 23.7 Å². The summed E-state index contributed by atoms with van der Waals surface area (Å²) in [5.74, 6) is -0.436. The SMILES string of the molecule is Cc1ccnc(NC(=O)CN2C(=O)N[C@@]3(CCCc4ccccc43)C2=O)c1. The summed E-state index contributed by atoms with van der Waals surface area (Å²) in [5.41, 5.74) is 1.78. The van der Waals surface area contributed by atoms with Gasteiger partial charge in [-0.2, -0.15) is 0 Å². The summed E-state index contributed by atoms with van der Waals surface area (Å²) in [7, 11) is 0. The van der Waals surface area contributed by atoms with Gasteiger partial charge < -0.3 is 10.6 Å². The van der Waals surface area contributed by atoms with Crippen molar-refractivity contribution in [3.05, 3.63) is 59.3 Å². The van der Waals surface area contributed by atoms with Crippen molar-refractivity contribution in [1.82, 2.24) is 15.2 Å². The van der Waals surface area contributed by atoms with E-state index in [0.717, 1.165) is 34.4 Å². The Morgan fingerprint density at radius 3 is 2.93 bits per heavy atom. The third kappa shape index (κ3) is 2.95. The van der Waals surface area contributed by atoms with E-state index in [2.05, 4.69) is 15.6 Å². The lowest BCUT2D eigenvalue weighted by atomic mass is 9.76. The molecule has 0 unspecified atom stereocenters. The fourth-order valence-electron chi connectivity index (χ4n) is 3.89. The van der Waals surface area contributed by atoms with Crippen LogP contribution in [0.3, 0.4) is 0 Å². The number of aromatic nitrogens is 1. The summed E-state index contributed by atoms with van der Waals surface area (Å²) in [6.07, 6.45) is 3.80. The van der Waals surface area contributed by atoms with Crippen LogP contribution in [0, 0.1) is 6.92 Å². The Balaban J connectivity index is 1.55. The van der Waals surface area contributed by atoms with Gasteiger partial charge >= 0.3 is 6.03 Å². The van der Waals surface area contributed by atoms with E-state index in [-0.39, 0.29) is 12.5 Å². The van der Waals surface area contributed by atoms with Gasteiger partial charge in [-0.3, -0.25) is 14.5 Å². The van der Waals surface area contributed by atoms with Crippen LogP contribution in [-0.4, -0.2) is 34.3 Å². The summed E-state index contributed by atoms with van der Waals surface area (Å²) >= 11 is 0.